The Hall–Kier alpha value is -1.08. The third-order valence-corrected chi connectivity index (χ3v) is 2.47. The van der Waals surface area contributed by atoms with Gasteiger partial charge in [0.15, 0.2) is 0 Å². The summed E-state index contributed by atoms with van der Waals surface area (Å²) < 4.78 is 0. The predicted molar refractivity (Wildman–Crippen MR) is 59.9 cm³/mol. The van der Waals surface area contributed by atoms with Crippen LogP contribution in [-0.4, -0.2) is 18.0 Å². The van der Waals surface area contributed by atoms with Crippen molar-refractivity contribution in [1.82, 2.24) is 5.32 Å². The van der Waals surface area contributed by atoms with Gasteiger partial charge >= 0.3 is 0 Å². The van der Waals surface area contributed by atoms with E-state index in [0.717, 1.165) is 6.42 Å². The number of hydrogen-bond donors (Lipinski definition) is 2. The van der Waals surface area contributed by atoms with Gasteiger partial charge in [-0.05, 0) is 12.3 Å². The lowest BCUT2D eigenvalue weighted by atomic mass is 10.0. The molecule has 0 radical (unpaired) electrons. The number of carbonyl (C=O) groups is 1. The van der Waals surface area contributed by atoms with Gasteiger partial charge in [-0.3, -0.25) is 4.79 Å². The van der Waals surface area contributed by atoms with Crippen LogP contribution in [0.5, 0.6) is 0 Å². The zero-order valence-electron chi connectivity index (χ0n) is 9.79. The van der Waals surface area contributed by atoms with Gasteiger partial charge in [-0.25, -0.2) is 0 Å². The standard InChI is InChI=1S/C11H21N3O/c1-4-9(5-6-12)14-11(15)7-10(13)8(2)3/h8-10H,4-5,7,13H2,1-3H3,(H,14,15). The van der Waals surface area contributed by atoms with Gasteiger partial charge in [0.1, 0.15) is 0 Å². The second-order valence-electron chi connectivity index (χ2n) is 4.15. The van der Waals surface area contributed by atoms with Gasteiger partial charge in [-0.1, -0.05) is 20.8 Å². The van der Waals surface area contributed by atoms with Crippen molar-refractivity contribution in [2.75, 3.05) is 0 Å². The van der Waals surface area contributed by atoms with Crippen LogP contribution in [0, 0.1) is 17.2 Å². The zero-order chi connectivity index (χ0) is 11.8. The number of nitrogens with one attached hydrogen (secondary N) is 1. The molecule has 0 rings (SSSR count). The number of nitrogens with two attached hydrogens (primary N) is 1. The number of nitrogens with zero attached hydrogens (tertiary/aromatic N) is 1. The van der Waals surface area contributed by atoms with E-state index in [1.54, 1.807) is 0 Å². The molecule has 0 saturated heterocycles. The molecule has 0 bridgehead atoms. The third-order valence-electron chi connectivity index (χ3n) is 2.47. The van der Waals surface area contributed by atoms with E-state index in [4.69, 9.17) is 11.0 Å². The van der Waals surface area contributed by atoms with E-state index in [2.05, 4.69) is 11.4 Å². The summed E-state index contributed by atoms with van der Waals surface area (Å²) in [6.07, 6.45) is 1.47. The third kappa shape index (κ3) is 6.08. The van der Waals surface area contributed by atoms with Gasteiger partial charge in [0.25, 0.3) is 0 Å². The fourth-order valence-electron chi connectivity index (χ4n) is 1.14. The fraction of sp³-hybridized carbons (Fsp3) is 0.818. The lowest BCUT2D eigenvalue weighted by Crippen LogP contribution is -2.39. The van der Waals surface area contributed by atoms with Crippen molar-refractivity contribution in [3.05, 3.63) is 0 Å². The Kier molecular flexibility index (Phi) is 6.72. The fourth-order valence-corrected chi connectivity index (χ4v) is 1.14. The number of hydrogen-bond acceptors (Lipinski definition) is 3. The summed E-state index contributed by atoms with van der Waals surface area (Å²) in [7, 11) is 0. The summed E-state index contributed by atoms with van der Waals surface area (Å²) in [6, 6.07) is 1.91. The van der Waals surface area contributed by atoms with Crippen molar-refractivity contribution < 1.29 is 4.79 Å². The molecule has 3 N–H and O–H groups in total. The van der Waals surface area contributed by atoms with E-state index in [-0.39, 0.29) is 18.0 Å². The summed E-state index contributed by atoms with van der Waals surface area (Å²) in [6.45, 7) is 5.93. The normalized spacial score (nSPS) is 14.4. The summed E-state index contributed by atoms with van der Waals surface area (Å²) in [5, 5.41) is 11.3. The lowest BCUT2D eigenvalue weighted by molar-refractivity contribution is -0.122. The lowest BCUT2D eigenvalue weighted by Gasteiger charge is -2.18. The largest absolute Gasteiger partial charge is 0.352 e. The molecule has 0 saturated carbocycles. The van der Waals surface area contributed by atoms with Crippen LogP contribution in [0.2, 0.25) is 0 Å². The molecule has 0 aliphatic rings. The first-order chi connectivity index (χ1) is 7.01. The smallest absolute Gasteiger partial charge is 0.221 e. The summed E-state index contributed by atoms with van der Waals surface area (Å²) in [4.78, 5) is 11.5. The molecular weight excluding hydrogens is 190 g/mol. The molecule has 0 heterocycles. The molecular formula is C11H21N3O. The van der Waals surface area contributed by atoms with Crippen LogP contribution in [0.25, 0.3) is 0 Å². The highest BCUT2D eigenvalue weighted by atomic mass is 16.1. The molecule has 0 aliphatic heterocycles. The van der Waals surface area contributed by atoms with E-state index in [0.29, 0.717) is 18.8 Å². The van der Waals surface area contributed by atoms with E-state index in [9.17, 15) is 4.79 Å². The average molecular weight is 211 g/mol. The van der Waals surface area contributed by atoms with E-state index < -0.39 is 0 Å². The highest BCUT2D eigenvalue weighted by Crippen LogP contribution is 2.04. The van der Waals surface area contributed by atoms with E-state index >= 15 is 0 Å². The number of carbonyl (C=O) groups excluding carboxylic acids is 1. The number of amides is 1. The Morgan fingerprint density at radius 1 is 1.53 bits per heavy atom. The van der Waals surface area contributed by atoms with Crippen LogP contribution in [0.4, 0.5) is 0 Å². The highest BCUT2D eigenvalue weighted by molar-refractivity contribution is 5.76. The minimum atomic E-state index is -0.107. The van der Waals surface area contributed by atoms with Crippen LogP contribution >= 0.6 is 0 Å². The second kappa shape index (κ2) is 7.24. The minimum absolute atomic E-state index is 0.0399. The maximum Gasteiger partial charge on any atom is 0.221 e. The quantitative estimate of drug-likeness (QED) is 0.692. The van der Waals surface area contributed by atoms with Crippen molar-refractivity contribution in [3.63, 3.8) is 0 Å². The monoisotopic (exact) mass is 211 g/mol. The van der Waals surface area contributed by atoms with Crippen molar-refractivity contribution in [2.24, 2.45) is 11.7 Å². The molecule has 0 aromatic rings. The van der Waals surface area contributed by atoms with Gasteiger partial charge in [0.05, 0.1) is 12.5 Å². The van der Waals surface area contributed by atoms with Crippen molar-refractivity contribution in [1.29, 1.82) is 5.26 Å². The highest BCUT2D eigenvalue weighted by Gasteiger charge is 2.15. The second-order valence-corrected chi connectivity index (χ2v) is 4.15. The van der Waals surface area contributed by atoms with Crippen LogP contribution in [0.1, 0.15) is 40.0 Å². The van der Waals surface area contributed by atoms with Crippen molar-refractivity contribution in [3.8, 4) is 6.07 Å². The first kappa shape index (κ1) is 13.9. The van der Waals surface area contributed by atoms with Gasteiger partial charge in [0.2, 0.25) is 5.91 Å². The Morgan fingerprint density at radius 3 is 2.53 bits per heavy atom. The first-order valence-electron chi connectivity index (χ1n) is 5.43. The molecule has 0 aromatic carbocycles. The molecule has 1 amide bonds. The topological polar surface area (TPSA) is 78.9 Å². The molecule has 0 aromatic heterocycles. The van der Waals surface area contributed by atoms with E-state index in [1.165, 1.54) is 0 Å². The maximum atomic E-state index is 11.5. The van der Waals surface area contributed by atoms with Crippen LogP contribution in [-0.2, 0) is 4.79 Å². The molecule has 0 spiro atoms. The Labute approximate surface area is 91.8 Å². The zero-order valence-corrected chi connectivity index (χ0v) is 9.79. The molecule has 4 nitrogen and oxygen atoms in total. The molecule has 0 aliphatic carbocycles. The molecule has 2 atom stereocenters. The summed E-state index contributed by atoms with van der Waals surface area (Å²) in [5.74, 6) is 0.241. The van der Waals surface area contributed by atoms with Crippen LogP contribution in [0.3, 0.4) is 0 Å². The Bertz CT molecular complexity index is 232. The van der Waals surface area contributed by atoms with Gasteiger partial charge in [0, 0.05) is 18.5 Å². The van der Waals surface area contributed by atoms with Gasteiger partial charge < -0.3 is 11.1 Å². The van der Waals surface area contributed by atoms with Crippen molar-refractivity contribution in [2.45, 2.75) is 52.1 Å². The van der Waals surface area contributed by atoms with Crippen LogP contribution in [0.15, 0.2) is 0 Å². The SMILES string of the molecule is CCC(CC#N)NC(=O)CC(N)C(C)C. The van der Waals surface area contributed by atoms with Crippen molar-refractivity contribution >= 4 is 5.91 Å². The molecule has 86 valence electrons. The minimum Gasteiger partial charge on any atom is -0.352 e. The Morgan fingerprint density at radius 2 is 2.13 bits per heavy atom. The average Bonchev–Trinajstić information content (AvgIpc) is 2.16. The maximum absolute atomic E-state index is 11.5. The molecule has 4 heteroatoms. The van der Waals surface area contributed by atoms with E-state index in [1.807, 2.05) is 20.8 Å². The molecule has 2 unspecified atom stereocenters. The Balaban J connectivity index is 3.97. The van der Waals surface area contributed by atoms with Crippen LogP contribution < -0.4 is 11.1 Å². The predicted octanol–water partition coefficient (Wildman–Crippen LogP) is 1.17. The molecule has 0 fully saturated rings. The summed E-state index contributed by atoms with van der Waals surface area (Å²) in [5.41, 5.74) is 5.78. The number of rotatable bonds is 6. The van der Waals surface area contributed by atoms with Gasteiger partial charge in [-0.2, -0.15) is 5.26 Å². The first-order valence-corrected chi connectivity index (χ1v) is 5.43. The summed E-state index contributed by atoms with van der Waals surface area (Å²) >= 11 is 0. The molecule has 15 heavy (non-hydrogen) atoms. The van der Waals surface area contributed by atoms with Gasteiger partial charge in [-0.15, -0.1) is 0 Å². The number of nitriles is 1.